The molecule has 0 radical (unpaired) electrons. The Kier molecular flexibility index (Phi) is 5.07. The highest BCUT2D eigenvalue weighted by Crippen LogP contribution is 2.29. The van der Waals surface area contributed by atoms with Crippen LogP contribution in [-0.2, 0) is 16.0 Å². The van der Waals surface area contributed by atoms with Gasteiger partial charge in [-0.1, -0.05) is 24.3 Å². The molecular weight excluding hydrogens is 276 g/mol. The second kappa shape index (κ2) is 6.82. The van der Waals surface area contributed by atoms with Crippen LogP contribution in [0.2, 0.25) is 0 Å². The normalized spacial score (nSPS) is 14.5. The van der Waals surface area contributed by atoms with Gasteiger partial charge in [0.05, 0.1) is 19.6 Å². The molecule has 0 aromatic heterocycles. The third-order valence-corrected chi connectivity index (χ3v) is 4.07. The molecule has 2 rings (SSSR count). The summed E-state index contributed by atoms with van der Waals surface area (Å²) >= 11 is 0. The number of ether oxygens (including phenoxy) is 2. The van der Waals surface area contributed by atoms with E-state index < -0.39 is 5.41 Å². The predicted octanol–water partition coefficient (Wildman–Crippen LogP) is 4.17. The first kappa shape index (κ1) is 16.3. The maximum atomic E-state index is 11.7. The molecule has 0 saturated heterocycles. The standard InChI is InChI=1S/C19H24O3/c1-19(2,18(20)22-4)11-5-6-14-7-8-16-13-17(21-3)10-9-15(16)12-14/h5-6,9-10,12-13H,7-8,11H2,1-4H3. The molecule has 118 valence electrons. The fourth-order valence-corrected chi connectivity index (χ4v) is 2.61. The number of carbonyl (C=O) groups excluding carboxylic acids is 1. The van der Waals surface area contributed by atoms with Gasteiger partial charge in [0.2, 0.25) is 0 Å². The first-order valence-electron chi connectivity index (χ1n) is 7.59. The van der Waals surface area contributed by atoms with Crippen LogP contribution in [0, 0.1) is 5.41 Å². The number of hydrogen-bond acceptors (Lipinski definition) is 3. The lowest BCUT2D eigenvalue weighted by atomic mass is 9.88. The molecule has 0 spiro atoms. The zero-order valence-corrected chi connectivity index (χ0v) is 13.8. The third kappa shape index (κ3) is 3.79. The Labute approximate surface area is 132 Å². The largest absolute Gasteiger partial charge is 0.497 e. The van der Waals surface area contributed by atoms with E-state index >= 15 is 0 Å². The highest BCUT2D eigenvalue weighted by atomic mass is 16.5. The van der Waals surface area contributed by atoms with Crippen molar-refractivity contribution in [2.75, 3.05) is 14.2 Å². The number of aryl methyl sites for hydroxylation is 1. The average Bonchev–Trinajstić information content (AvgIpc) is 2.53. The molecule has 1 aromatic carbocycles. The van der Waals surface area contributed by atoms with E-state index in [4.69, 9.17) is 9.47 Å². The summed E-state index contributed by atoms with van der Waals surface area (Å²) in [6, 6.07) is 6.19. The molecule has 0 heterocycles. The Morgan fingerprint density at radius 3 is 2.73 bits per heavy atom. The molecule has 1 aromatic rings. The van der Waals surface area contributed by atoms with E-state index in [0.29, 0.717) is 6.42 Å². The predicted molar refractivity (Wildman–Crippen MR) is 88.8 cm³/mol. The summed E-state index contributed by atoms with van der Waals surface area (Å²) in [6.45, 7) is 3.81. The van der Waals surface area contributed by atoms with E-state index in [0.717, 1.165) is 18.6 Å². The number of rotatable bonds is 5. The topological polar surface area (TPSA) is 35.5 Å². The summed E-state index contributed by atoms with van der Waals surface area (Å²) in [5.74, 6) is 0.734. The fourth-order valence-electron chi connectivity index (χ4n) is 2.61. The van der Waals surface area contributed by atoms with Crippen molar-refractivity contribution < 1.29 is 14.3 Å². The van der Waals surface area contributed by atoms with Crippen molar-refractivity contribution in [3.8, 4) is 5.75 Å². The van der Waals surface area contributed by atoms with Crippen LogP contribution >= 0.6 is 0 Å². The molecular formula is C19H24O3. The van der Waals surface area contributed by atoms with Crippen molar-refractivity contribution in [2.45, 2.75) is 33.1 Å². The van der Waals surface area contributed by atoms with Crippen molar-refractivity contribution in [3.05, 3.63) is 47.1 Å². The molecule has 0 saturated carbocycles. The molecule has 1 aliphatic rings. The molecule has 0 bridgehead atoms. The highest BCUT2D eigenvalue weighted by molar-refractivity contribution is 5.76. The summed E-state index contributed by atoms with van der Waals surface area (Å²) in [6.07, 6.45) is 9.10. The number of methoxy groups -OCH3 is 2. The summed E-state index contributed by atoms with van der Waals surface area (Å²) in [4.78, 5) is 11.7. The number of allylic oxidation sites excluding steroid dienone is 3. The van der Waals surface area contributed by atoms with Crippen molar-refractivity contribution in [3.63, 3.8) is 0 Å². The minimum absolute atomic E-state index is 0.174. The summed E-state index contributed by atoms with van der Waals surface area (Å²) < 4.78 is 10.1. The molecule has 3 nitrogen and oxygen atoms in total. The van der Waals surface area contributed by atoms with E-state index in [-0.39, 0.29) is 5.97 Å². The lowest BCUT2D eigenvalue weighted by molar-refractivity contribution is -0.150. The SMILES string of the molecule is COC(=O)C(C)(C)CC=CC1=Cc2ccc(OC)cc2CC1. The molecule has 0 fully saturated rings. The van der Waals surface area contributed by atoms with Crippen LogP contribution in [0.1, 0.15) is 37.8 Å². The zero-order chi connectivity index (χ0) is 16.2. The van der Waals surface area contributed by atoms with E-state index in [1.807, 2.05) is 19.9 Å². The van der Waals surface area contributed by atoms with Gasteiger partial charge in [-0.25, -0.2) is 0 Å². The fraction of sp³-hybridized carbons (Fsp3) is 0.421. The third-order valence-electron chi connectivity index (χ3n) is 4.07. The second-order valence-electron chi connectivity index (χ2n) is 6.27. The van der Waals surface area contributed by atoms with Gasteiger partial charge in [-0.15, -0.1) is 0 Å². The Balaban J connectivity index is 2.06. The van der Waals surface area contributed by atoms with E-state index in [2.05, 4.69) is 30.4 Å². The van der Waals surface area contributed by atoms with Crippen LogP contribution < -0.4 is 4.74 Å². The number of benzene rings is 1. The number of fused-ring (bicyclic) bond motifs is 1. The van der Waals surface area contributed by atoms with Gasteiger partial charge < -0.3 is 9.47 Å². The minimum Gasteiger partial charge on any atom is -0.497 e. The minimum atomic E-state index is -0.480. The molecule has 0 N–H and O–H groups in total. The zero-order valence-electron chi connectivity index (χ0n) is 13.8. The van der Waals surface area contributed by atoms with Crippen molar-refractivity contribution in [1.82, 2.24) is 0 Å². The second-order valence-corrected chi connectivity index (χ2v) is 6.27. The molecule has 22 heavy (non-hydrogen) atoms. The summed E-state index contributed by atoms with van der Waals surface area (Å²) in [5, 5.41) is 0. The summed E-state index contributed by atoms with van der Waals surface area (Å²) in [7, 11) is 3.13. The van der Waals surface area contributed by atoms with Crippen molar-refractivity contribution >= 4 is 12.0 Å². The Morgan fingerprint density at radius 1 is 1.27 bits per heavy atom. The van der Waals surface area contributed by atoms with E-state index in [1.54, 1.807) is 7.11 Å². The van der Waals surface area contributed by atoms with Crippen molar-refractivity contribution in [1.29, 1.82) is 0 Å². The average molecular weight is 300 g/mol. The lowest BCUT2D eigenvalue weighted by Crippen LogP contribution is -2.24. The lowest BCUT2D eigenvalue weighted by Gasteiger charge is -2.19. The summed E-state index contributed by atoms with van der Waals surface area (Å²) in [5.41, 5.74) is 3.38. The van der Waals surface area contributed by atoms with Crippen LogP contribution in [0.4, 0.5) is 0 Å². The molecule has 1 aliphatic carbocycles. The first-order chi connectivity index (χ1) is 10.5. The number of esters is 1. The van der Waals surface area contributed by atoms with Gasteiger partial charge in [0.15, 0.2) is 0 Å². The molecule has 0 atom stereocenters. The number of hydrogen-bond donors (Lipinski definition) is 0. The van der Waals surface area contributed by atoms with Gasteiger partial charge in [-0.2, -0.15) is 0 Å². The maximum Gasteiger partial charge on any atom is 0.311 e. The van der Waals surface area contributed by atoms with Gasteiger partial charge in [-0.05, 0) is 61.9 Å². The van der Waals surface area contributed by atoms with Gasteiger partial charge in [0, 0.05) is 0 Å². The van der Waals surface area contributed by atoms with Gasteiger partial charge in [-0.3, -0.25) is 4.79 Å². The maximum absolute atomic E-state index is 11.7. The molecule has 3 heteroatoms. The molecule has 0 unspecified atom stereocenters. The van der Waals surface area contributed by atoms with Gasteiger partial charge in [0.25, 0.3) is 0 Å². The van der Waals surface area contributed by atoms with Crippen LogP contribution in [0.15, 0.2) is 35.9 Å². The number of carbonyl (C=O) groups is 1. The van der Waals surface area contributed by atoms with E-state index in [9.17, 15) is 4.79 Å². The highest BCUT2D eigenvalue weighted by Gasteiger charge is 2.26. The molecule has 0 aliphatic heterocycles. The monoisotopic (exact) mass is 300 g/mol. The first-order valence-corrected chi connectivity index (χ1v) is 7.59. The van der Waals surface area contributed by atoms with Crippen LogP contribution in [0.3, 0.4) is 0 Å². The van der Waals surface area contributed by atoms with Gasteiger partial charge in [0.1, 0.15) is 5.75 Å². The molecule has 0 amide bonds. The van der Waals surface area contributed by atoms with Gasteiger partial charge >= 0.3 is 5.97 Å². The quantitative estimate of drug-likeness (QED) is 0.766. The Morgan fingerprint density at radius 2 is 2.05 bits per heavy atom. The Bertz CT molecular complexity index is 609. The van der Waals surface area contributed by atoms with Crippen LogP contribution in [0.25, 0.3) is 6.08 Å². The van der Waals surface area contributed by atoms with E-state index in [1.165, 1.54) is 23.8 Å². The smallest absolute Gasteiger partial charge is 0.311 e. The van der Waals surface area contributed by atoms with Crippen LogP contribution in [-0.4, -0.2) is 20.2 Å². The Hall–Kier alpha value is -2.03. The van der Waals surface area contributed by atoms with Crippen molar-refractivity contribution in [2.24, 2.45) is 5.41 Å². The van der Waals surface area contributed by atoms with Crippen LogP contribution in [0.5, 0.6) is 5.75 Å².